The van der Waals surface area contributed by atoms with Gasteiger partial charge in [-0.2, -0.15) is 0 Å². The molecule has 0 radical (unpaired) electrons. The molecule has 0 N–H and O–H groups in total. The minimum absolute atomic E-state index is 0.326. The van der Waals surface area contributed by atoms with E-state index in [0.717, 1.165) is 24.3 Å². The lowest BCUT2D eigenvalue weighted by Crippen LogP contribution is -2.09. The highest BCUT2D eigenvalue weighted by atomic mass is 35.5. The van der Waals surface area contributed by atoms with E-state index in [4.69, 9.17) is 21.1 Å². The Morgan fingerprint density at radius 2 is 1.95 bits per heavy atom. The Kier molecular flexibility index (Phi) is 8.13. The molecule has 0 atom stereocenters. The summed E-state index contributed by atoms with van der Waals surface area (Å²) in [5.74, 6) is 7.60. The molecular formula is C16H21ClO2. The summed E-state index contributed by atoms with van der Waals surface area (Å²) in [6, 6.07) is 7.70. The second-order valence-electron chi connectivity index (χ2n) is 4.57. The predicted octanol–water partition coefficient (Wildman–Crippen LogP) is 3.72. The molecule has 0 saturated heterocycles. The van der Waals surface area contributed by atoms with E-state index in [0.29, 0.717) is 25.0 Å². The summed E-state index contributed by atoms with van der Waals surface area (Å²) in [5, 5.41) is 0. The van der Waals surface area contributed by atoms with Gasteiger partial charge in [0, 0.05) is 6.61 Å². The number of hydrogen-bond donors (Lipinski definition) is 0. The Morgan fingerprint density at radius 1 is 1.16 bits per heavy atom. The van der Waals surface area contributed by atoms with Crippen LogP contribution in [0.4, 0.5) is 0 Å². The molecule has 0 amide bonds. The van der Waals surface area contributed by atoms with Crippen LogP contribution in [0.5, 0.6) is 5.75 Å². The smallest absolute Gasteiger partial charge is 0.135 e. The van der Waals surface area contributed by atoms with Gasteiger partial charge in [0.1, 0.15) is 12.4 Å². The van der Waals surface area contributed by atoms with E-state index in [-0.39, 0.29) is 0 Å². The Bertz CT molecular complexity index is 418. The number of rotatable bonds is 7. The molecule has 1 aromatic carbocycles. The van der Waals surface area contributed by atoms with E-state index >= 15 is 0 Å². The highest BCUT2D eigenvalue weighted by molar-refractivity contribution is 6.19. The van der Waals surface area contributed by atoms with Crippen molar-refractivity contribution in [3.05, 3.63) is 29.8 Å². The van der Waals surface area contributed by atoms with E-state index in [1.165, 1.54) is 0 Å². The second kappa shape index (κ2) is 9.72. The number of benzene rings is 1. The van der Waals surface area contributed by atoms with Crippen LogP contribution in [0.1, 0.15) is 25.8 Å². The van der Waals surface area contributed by atoms with E-state index in [1.54, 1.807) is 0 Å². The van der Waals surface area contributed by atoms with Crippen molar-refractivity contribution in [1.29, 1.82) is 0 Å². The molecule has 1 rings (SSSR count). The molecule has 0 aliphatic carbocycles. The topological polar surface area (TPSA) is 18.5 Å². The van der Waals surface area contributed by atoms with Crippen molar-refractivity contribution in [2.24, 2.45) is 5.92 Å². The summed E-state index contributed by atoms with van der Waals surface area (Å²) in [7, 11) is 0. The highest BCUT2D eigenvalue weighted by Crippen LogP contribution is 2.16. The van der Waals surface area contributed by atoms with Crippen molar-refractivity contribution in [2.45, 2.75) is 20.3 Å². The first kappa shape index (κ1) is 15.9. The van der Waals surface area contributed by atoms with Gasteiger partial charge in [-0.05, 0) is 24.5 Å². The third kappa shape index (κ3) is 7.10. The molecule has 0 aromatic heterocycles. The largest absolute Gasteiger partial charge is 0.490 e. The van der Waals surface area contributed by atoms with Crippen molar-refractivity contribution < 1.29 is 9.47 Å². The van der Waals surface area contributed by atoms with Crippen molar-refractivity contribution in [1.82, 2.24) is 0 Å². The first-order valence-corrected chi connectivity index (χ1v) is 7.12. The molecule has 0 spiro atoms. The Labute approximate surface area is 121 Å². The van der Waals surface area contributed by atoms with Crippen LogP contribution in [0.25, 0.3) is 0 Å². The van der Waals surface area contributed by atoms with Crippen LogP contribution >= 0.6 is 11.6 Å². The summed E-state index contributed by atoms with van der Waals surface area (Å²) in [6.07, 6.45) is 1.08. The lowest BCUT2D eigenvalue weighted by atomic mass is 10.1. The number of halogens is 1. The van der Waals surface area contributed by atoms with Crippen LogP contribution in [0.3, 0.4) is 0 Å². The number of ether oxygens (including phenoxy) is 2. The standard InChI is InChI=1S/C16H21ClO2/c1-14(2)9-11-18-12-13-19-16-8-4-3-6-15(16)7-5-10-17/h3-4,6,8,14H,9-13H2,1-2H3. The van der Waals surface area contributed by atoms with Crippen LogP contribution in [0.15, 0.2) is 24.3 Å². The van der Waals surface area contributed by atoms with Crippen LogP contribution in [0, 0.1) is 17.8 Å². The molecule has 104 valence electrons. The normalized spacial score (nSPS) is 10.1. The van der Waals surface area contributed by atoms with E-state index in [1.807, 2.05) is 24.3 Å². The molecule has 1 aromatic rings. The SMILES string of the molecule is CC(C)CCOCCOc1ccccc1C#CCCl. The van der Waals surface area contributed by atoms with Crippen LogP contribution in [0.2, 0.25) is 0 Å². The Morgan fingerprint density at radius 3 is 2.68 bits per heavy atom. The van der Waals surface area contributed by atoms with Gasteiger partial charge in [-0.25, -0.2) is 0 Å². The summed E-state index contributed by atoms with van der Waals surface area (Å²) < 4.78 is 11.2. The zero-order valence-corrected chi connectivity index (χ0v) is 12.4. The van der Waals surface area contributed by atoms with Gasteiger partial charge in [-0.15, -0.1) is 11.6 Å². The summed E-state index contributed by atoms with van der Waals surface area (Å²) >= 11 is 5.56. The fourth-order valence-corrected chi connectivity index (χ4v) is 1.52. The van der Waals surface area contributed by atoms with Gasteiger partial charge in [0.2, 0.25) is 0 Å². The number of para-hydroxylation sites is 1. The summed E-state index contributed by atoms with van der Waals surface area (Å²) in [4.78, 5) is 0. The zero-order chi connectivity index (χ0) is 13.9. The molecule has 0 aliphatic heterocycles. The van der Waals surface area contributed by atoms with Crippen LogP contribution in [-0.2, 0) is 4.74 Å². The van der Waals surface area contributed by atoms with E-state index < -0.39 is 0 Å². The molecule has 2 nitrogen and oxygen atoms in total. The molecule has 0 aliphatic rings. The van der Waals surface area contributed by atoms with Crippen molar-refractivity contribution in [3.63, 3.8) is 0 Å². The van der Waals surface area contributed by atoms with Crippen molar-refractivity contribution in [3.8, 4) is 17.6 Å². The highest BCUT2D eigenvalue weighted by Gasteiger charge is 2.00. The molecule has 19 heavy (non-hydrogen) atoms. The maximum absolute atomic E-state index is 5.67. The van der Waals surface area contributed by atoms with Crippen molar-refractivity contribution >= 4 is 11.6 Å². The molecule has 0 fully saturated rings. The van der Waals surface area contributed by atoms with Gasteiger partial charge in [0.25, 0.3) is 0 Å². The number of alkyl halides is 1. The van der Waals surface area contributed by atoms with Gasteiger partial charge >= 0.3 is 0 Å². The fraction of sp³-hybridized carbons (Fsp3) is 0.500. The first-order valence-electron chi connectivity index (χ1n) is 6.58. The minimum atomic E-state index is 0.326. The molecule has 3 heteroatoms. The maximum atomic E-state index is 5.67. The van der Waals surface area contributed by atoms with E-state index in [9.17, 15) is 0 Å². The Hall–Kier alpha value is -1.17. The molecule has 0 bridgehead atoms. The zero-order valence-electron chi connectivity index (χ0n) is 11.6. The Balaban J connectivity index is 2.33. The fourth-order valence-electron chi connectivity index (χ4n) is 1.46. The van der Waals surface area contributed by atoms with Gasteiger partial charge in [-0.1, -0.05) is 37.8 Å². The monoisotopic (exact) mass is 280 g/mol. The molecular weight excluding hydrogens is 260 g/mol. The second-order valence-corrected chi connectivity index (χ2v) is 4.84. The molecule has 0 unspecified atom stereocenters. The predicted molar refractivity (Wildman–Crippen MR) is 79.8 cm³/mol. The average Bonchev–Trinajstić information content (AvgIpc) is 2.41. The average molecular weight is 281 g/mol. The van der Waals surface area contributed by atoms with E-state index in [2.05, 4.69) is 25.7 Å². The lowest BCUT2D eigenvalue weighted by Gasteiger charge is -2.09. The maximum Gasteiger partial charge on any atom is 0.135 e. The van der Waals surface area contributed by atoms with Gasteiger partial charge in [-0.3, -0.25) is 0 Å². The third-order valence-corrected chi connectivity index (χ3v) is 2.64. The van der Waals surface area contributed by atoms with Crippen molar-refractivity contribution in [2.75, 3.05) is 25.7 Å². The molecule has 0 saturated carbocycles. The summed E-state index contributed by atoms with van der Waals surface area (Å²) in [5.41, 5.74) is 0.866. The van der Waals surface area contributed by atoms with Gasteiger partial charge in [0.15, 0.2) is 0 Å². The molecule has 0 heterocycles. The van der Waals surface area contributed by atoms with Crippen LogP contribution in [-0.4, -0.2) is 25.7 Å². The van der Waals surface area contributed by atoms with Crippen LogP contribution < -0.4 is 4.74 Å². The minimum Gasteiger partial charge on any atom is -0.490 e. The third-order valence-electron chi connectivity index (χ3n) is 2.50. The van der Waals surface area contributed by atoms with Gasteiger partial charge < -0.3 is 9.47 Å². The first-order chi connectivity index (χ1) is 9.24. The summed E-state index contributed by atoms with van der Waals surface area (Å²) in [6.45, 7) is 6.30. The lowest BCUT2D eigenvalue weighted by molar-refractivity contribution is 0.0925. The van der Waals surface area contributed by atoms with Gasteiger partial charge in [0.05, 0.1) is 18.1 Å². The quantitative estimate of drug-likeness (QED) is 0.431. The number of hydrogen-bond acceptors (Lipinski definition) is 2.